The van der Waals surface area contributed by atoms with E-state index in [0.29, 0.717) is 11.8 Å². The first-order chi connectivity index (χ1) is 18.4. The average molecular weight is 555 g/mol. The van der Waals surface area contributed by atoms with Crippen LogP contribution in [0.3, 0.4) is 0 Å². The van der Waals surface area contributed by atoms with Crippen molar-refractivity contribution >= 4 is 17.9 Å². The van der Waals surface area contributed by atoms with E-state index in [2.05, 4.69) is 54.5 Å². The molecule has 5 rings (SSSR count). The zero-order valence-electron chi connectivity index (χ0n) is 25.6. The maximum Gasteiger partial charge on any atom is 0.331 e. The predicted molar refractivity (Wildman–Crippen MR) is 153 cm³/mol. The Morgan fingerprint density at radius 3 is 2.17 bits per heavy atom. The van der Waals surface area contributed by atoms with Gasteiger partial charge in [0.15, 0.2) is 0 Å². The zero-order valence-corrected chi connectivity index (χ0v) is 25.6. The number of esters is 1. The van der Waals surface area contributed by atoms with Crippen LogP contribution in [0.4, 0.5) is 0 Å². The summed E-state index contributed by atoms with van der Waals surface area (Å²) in [7, 11) is 0. The van der Waals surface area contributed by atoms with E-state index in [0.717, 1.165) is 76.4 Å². The van der Waals surface area contributed by atoms with Gasteiger partial charge in [-0.25, -0.2) is 9.59 Å². The number of hydrogen-bond donors (Lipinski definition) is 2. The summed E-state index contributed by atoms with van der Waals surface area (Å²) < 4.78 is 5.87. The van der Waals surface area contributed by atoms with Gasteiger partial charge in [0.05, 0.1) is 5.41 Å². The highest BCUT2D eigenvalue weighted by atomic mass is 16.5. The van der Waals surface area contributed by atoms with Gasteiger partial charge in [0.2, 0.25) is 0 Å². The van der Waals surface area contributed by atoms with Crippen LogP contribution in [0.15, 0.2) is 23.8 Å². The van der Waals surface area contributed by atoms with Gasteiger partial charge >= 0.3 is 17.9 Å². The Hall–Kier alpha value is -2.11. The van der Waals surface area contributed by atoms with Crippen molar-refractivity contribution < 1.29 is 29.3 Å². The van der Waals surface area contributed by atoms with Gasteiger partial charge in [0.1, 0.15) is 6.10 Å². The molecule has 222 valence electrons. The van der Waals surface area contributed by atoms with Crippen molar-refractivity contribution in [2.75, 3.05) is 0 Å². The minimum Gasteiger partial charge on any atom is -0.481 e. The molecule has 40 heavy (non-hydrogen) atoms. The molecule has 0 unspecified atom stereocenters. The lowest BCUT2D eigenvalue weighted by molar-refractivity contribution is -0.212. The molecule has 0 saturated heterocycles. The molecule has 0 radical (unpaired) electrons. The summed E-state index contributed by atoms with van der Waals surface area (Å²) in [5.41, 5.74) is 0.892. The van der Waals surface area contributed by atoms with Gasteiger partial charge in [-0.1, -0.05) is 60.1 Å². The minimum atomic E-state index is -1.16. The van der Waals surface area contributed by atoms with Gasteiger partial charge in [-0.05, 0) is 104 Å². The third-order valence-electron chi connectivity index (χ3n) is 13.6. The minimum absolute atomic E-state index is 0.0178. The topological polar surface area (TPSA) is 101 Å². The molecule has 6 heteroatoms. The lowest BCUT2D eigenvalue weighted by Gasteiger charge is -2.71. The van der Waals surface area contributed by atoms with Gasteiger partial charge in [-0.3, -0.25) is 4.79 Å². The highest BCUT2D eigenvalue weighted by molar-refractivity contribution is 5.90. The van der Waals surface area contributed by atoms with E-state index in [9.17, 15) is 19.5 Å². The third-order valence-corrected chi connectivity index (χ3v) is 13.6. The van der Waals surface area contributed by atoms with Gasteiger partial charge in [0.25, 0.3) is 0 Å². The standard InChI is InChI=1S/C34H50O6/c1-29(2)16-18-34(28(38)39)19-17-32(6)21(22(34)20-29)8-9-24-31(5)14-13-25(40-27(37)11-10-26(35)36)30(3,4)23(31)12-15-33(24,32)7/h8,10-11,22-25H,9,12-20H2,1-7H3,(H,35,36)(H,38,39)/b11-10+/t22-,23-,24+,25-,31-,32+,33+,34-/m0/s1. The number of fused-ring (bicyclic) bond motifs is 7. The number of carboxylic acid groups (broad SMARTS) is 2. The molecule has 0 bridgehead atoms. The average Bonchev–Trinajstić information content (AvgIpc) is 2.84. The molecule has 5 aliphatic rings. The molecular weight excluding hydrogens is 504 g/mol. The quantitative estimate of drug-likeness (QED) is 0.213. The van der Waals surface area contributed by atoms with Crippen LogP contribution in [-0.4, -0.2) is 34.2 Å². The van der Waals surface area contributed by atoms with Crippen LogP contribution >= 0.6 is 0 Å². The van der Waals surface area contributed by atoms with Crippen LogP contribution in [0.1, 0.15) is 113 Å². The van der Waals surface area contributed by atoms with Crippen LogP contribution in [-0.2, 0) is 19.1 Å². The molecule has 0 aromatic heterocycles. The van der Waals surface area contributed by atoms with E-state index < -0.39 is 23.3 Å². The van der Waals surface area contributed by atoms with E-state index in [1.54, 1.807) is 0 Å². The van der Waals surface area contributed by atoms with Gasteiger partial charge in [0, 0.05) is 17.6 Å². The van der Waals surface area contributed by atoms with E-state index in [1.807, 2.05) is 0 Å². The highest BCUT2D eigenvalue weighted by Crippen LogP contribution is 2.75. The zero-order chi connectivity index (χ0) is 29.5. The van der Waals surface area contributed by atoms with Gasteiger partial charge in [-0.15, -0.1) is 0 Å². The molecule has 4 saturated carbocycles. The summed E-state index contributed by atoms with van der Waals surface area (Å²) in [5, 5.41) is 19.5. The molecule has 0 aromatic rings. The molecule has 0 heterocycles. The number of rotatable bonds is 4. The summed E-state index contributed by atoms with van der Waals surface area (Å²) >= 11 is 0. The van der Waals surface area contributed by atoms with Crippen molar-refractivity contribution in [2.45, 2.75) is 119 Å². The summed E-state index contributed by atoms with van der Waals surface area (Å²) in [6.07, 6.45) is 13.4. The Balaban J connectivity index is 1.48. The first kappa shape index (κ1) is 29.4. The van der Waals surface area contributed by atoms with Crippen LogP contribution in [0.2, 0.25) is 0 Å². The van der Waals surface area contributed by atoms with Crippen molar-refractivity contribution in [3.8, 4) is 0 Å². The Labute approximate surface area is 240 Å². The molecule has 4 fully saturated rings. The summed E-state index contributed by atoms with van der Waals surface area (Å²) in [5.74, 6) is -1.36. The molecule has 6 nitrogen and oxygen atoms in total. The van der Waals surface area contributed by atoms with Crippen molar-refractivity contribution in [3.63, 3.8) is 0 Å². The van der Waals surface area contributed by atoms with E-state index in [1.165, 1.54) is 5.57 Å². The Morgan fingerprint density at radius 2 is 1.52 bits per heavy atom. The fraction of sp³-hybridized carbons (Fsp3) is 0.794. The Morgan fingerprint density at radius 1 is 0.850 bits per heavy atom. The van der Waals surface area contributed by atoms with E-state index >= 15 is 0 Å². The number of hydrogen-bond acceptors (Lipinski definition) is 4. The smallest absolute Gasteiger partial charge is 0.331 e. The van der Waals surface area contributed by atoms with Gasteiger partial charge < -0.3 is 14.9 Å². The van der Waals surface area contributed by atoms with E-state index in [4.69, 9.17) is 9.84 Å². The maximum atomic E-state index is 12.9. The van der Waals surface area contributed by atoms with Crippen molar-refractivity contribution in [1.29, 1.82) is 0 Å². The van der Waals surface area contributed by atoms with Crippen molar-refractivity contribution in [2.24, 2.45) is 50.2 Å². The summed E-state index contributed by atoms with van der Waals surface area (Å²) in [6, 6.07) is 0. The second-order valence-corrected chi connectivity index (χ2v) is 16.1. The van der Waals surface area contributed by atoms with Crippen LogP contribution < -0.4 is 0 Å². The molecule has 0 spiro atoms. The molecule has 0 aromatic carbocycles. The number of aliphatic carboxylic acids is 2. The number of carboxylic acids is 2. The largest absolute Gasteiger partial charge is 0.481 e. The Kier molecular flexibility index (Phi) is 6.75. The SMILES string of the molecule is CC1(C)CC[C@]2(C(=O)O)CC[C@]3(C)C(=CC[C@@H]4[C@@]5(C)CC[C@H](OC(=O)/C=C/C(=O)O)C(C)(C)[C@@H]5CC[C@]43C)[C@@H]2C1. The second kappa shape index (κ2) is 9.19. The van der Waals surface area contributed by atoms with Crippen LogP contribution in [0.25, 0.3) is 0 Å². The fourth-order valence-corrected chi connectivity index (χ4v) is 11.1. The number of carbonyl (C=O) groups is 3. The second-order valence-electron chi connectivity index (χ2n) is 16.1. The first-order valence-electron chi connectivity index (χ1n) is 15.5. The summed E-state index contributed by atoms with van der Waals surface area (Å²) in [4.78, 5) is 36.2. The molecule has 5 aliphatic carbocycles. The Bertz CT molecular complexity index is 1160. The fourth-order valence-electron chi connectivity index (χ4n) is 11.1. The van der Waals surface area contributed by atoms with Crippen LogP contribution in [0.5, 0.6) is 0 Å². The number of allylic oxidation sites excluding steroid dienone is 2. The van der Waals surface area contributed by atoms with Crippen LogP contribution in [0, 0.1) is 50.2 Å². The number of ether oxygens (including phenoxy) is 1. The van der Waals surface area contributed by atoms with E-state index in [-0.39, 0.29) is 39.1 Å². The maximum absolute atomic E-state index is 12.9. The highest BCUT2D eigenvalue weighted by Gasteiger charge is 2.69. The molecule has 8 atom stereocenters. The van der Waals surface area contributed by atoms with Gasteiger partial charge in [-0.2, -0.15) is 0 Å². The molecule has 0 aliphatic heterocycles. The summed E-state index contributed by atoms with van der Waals surface area (Å²) in [6.45, 7) is 16.5. The first-order valence-corrected chi connectivity index (χ1v) is 15.5. The molecular formula is C34H50O6. The third kappa shape index (κ3) is 4.05. The molecule has 2 N–H and O–H groups in total. The lowest BCUT2D eigenvalue weighted by Crippen LogP contribution is -2.65. The van der Waals surface area contributed by atoms with Crippen molar-refractivity contribution in [3.05, 3.63) is 23.8 Å². The van der Waals surface area contributed by atoms with Crippen molar-refractivity contribution in [1.82, 2.24) is 0 Å². The molecule has 0 amide bonds. The number of carbonyl (C=O) groups excluding carboxylic acids is 1. The predicted octanol–water partition coefficient (Wildman–Crippen LogP) is 7.43. The normalized spacial score (nSPS) is 45.2. The lowest BCUT2D eigenvalue weighted by atomic mass is 9.33. The monoisotopic (exact) mass is 554 g/mol.